The second kappa shape index (κ2) is 9.08. The molecule has 0 aliphatic carbocycles. The van der Waals surface area contributed by atoms with E-state index in [1.807, 2.05) is 61.5 Å². The first-order valence-corrected chi connectivity index (χ1v) is 10.6. The number of nitrogens with one attached hydrogen (secondary N) is 2. The van der Waals surface area contributed by atoms with Gasteiger partial charge in [0, 0.05) is 35.3 Å². The molecule has 3 aromatic carbocycles. The van der Waals surface area contributed by atoms with Crippen LogP contribution in [-0.4, -0.2) is 21.6 Å². The van der Waals surface area contributed by atoms with Gasteiger partial charge in [0.1, 0.15) is 6.04 Å². The van der Waals surface area contributed by atoms with E-state index in [4.69, 9.17) is 0 Å². The number of nitrogens with zero attached hydrogens (tertiary/aromatic N) is 2. The predicted octanol–water partition coefficient (Wildman–Crippen LogP) is 4.53. The molecule has 0 aliphatic heterocycles. The fourth-order valence-electron chi connectivity index (χ4n) is 3.64. The van der Waals surface area contributed by atoms with E-state index in [-0.39, 0.29) is 17.4 Å². The summed E-state index contributed by atoms with van der Waals surface area (Å²) >= 11 is 0. The third-order valence-corrected chi connectivity index (χ3v) is 5.46. The van der Waals surface area contributed by atoms with Crippen LogP contribution >= 0.6 is 0 Å². The summed E-state index contributed by atoms with van der Waals surface area (Å²) in [7, 11) is 0. The number of carbonyl (C=O) groups excluding carboxylic acids is 2. The van der Waals surface area contributed by atoms with Gasteiger partial charge in [-0.2, -0.15) is 5.10 Å². The molecule has 1 atom stereocenters. The molecule has 166 valence electrons. The van der Waals surface area contributed by atoms with Crippen molar-refractivity contribution in [1.82, 2.24) is 9.78 Å². The molecule has 1 aromatic heterocycles. The standard InChI is InChI=1S/C26H24N4O3/c1-16-11-12-20(15-24(16)27-18(3)31)22-13-14-25(32)30(29-22)17(2)26(33)28-23-10-6-8-19-7-4-5-9-21(19)23/h4-15,17H,1-3H3,(H,27,31)(H,28,33)/t17-/m1/s1. The number of aryl methyl sites for hydroxylation is 1. The largest absolute Gasteiger partial charge is 0.326 e. The van der Waals surface area contributed by atoms with E-state index in [0.29, 0.717) is 17.1 Å². The van der Waals surface area contributed by atoms with E-state index in [9.17, 15) is 14.4 Å². The van der Waals surface area contributed by atoms with E-state index < -0.39 is 6.04 Å². The topological polar surface area (TPSA) is 93.1 Å². The zero-order valence-corrected chi connectivity index (χ0v) is 18.6. The monoisotopic (exact) mass is 440 g/mol. The summed E-state index contributed by atoms with van der Waals surface area (Å²) in [5.74, 6) is -0.521. The summed E-state index contributed by atoms with van der Waals surface area (Å²) in [6.45, 7) is 4.97. The maximum absolute atomic E-state index is 13.0. The molecule has 7 nitrogen and oxygen atoms in total. The lowest BCUT2D eigenvalue weighted by molar-refractivity contribution is -0.119. The van der Waals surface area contributed by atoms with Crippen LogP contribution in [-0.2, 0) is 9.59 Å². The van der Waals surface area contributed by atoms with Crippen molar-refractivity contribution < 1.29 is 9.59 Å². The quantitative estimate of drug-likeness (QED) is 0.477. The van der Waals surface area contributed by atoms with E-state index in [2.05, 4.69) is 15.7 Å². The maximum atomic E-state index is 13.0. The summed E-state index contributed by atoms with van der Waals surface area (Å²) < 4.78 is 1.17. The van der Waals surface area contributed by atoms with Crippen molar-refractivity contribution in [3.63, 3.8) is 0 Å². The number of benzene rings is 3. The molecule has 0 saturated carbocycles. The van der Waals surface area contributed by atoms with Crippen molar-refractivity contribution in [2.75, 3.05) is 10.6 Å². The lowest BCUT2D eigenvalue weighted by Crippen LogP contribution is -2.33. The molecule has 4 aromatic rings. The Kier molecular flexibility index (Phi) is 6.04. The first kappa shape index (κ1) is 22.0. The number of aromatic nitrogens is 2. The molecule has 2 N–H and O–H groups in total. The minimum absolute atomic E-state index is 0.174. The first-order valence-electron chi connectivity index (χ1n) is 10.6. The lowest BCUT2D eigenvalue weighted by Gasteiger charge is -2.16. The second-order valence-electron chi connectivity index (χ2n) is 7.90. The Hall–Kier alpha value is -4.26. The Bertz CT molecular complexity index is 1420. The number of amides is 2. The average Bonchev–Trinajstić information content (AvgIpc) is 2.80. The van der Waals surface area contributed by atoms with Crippen LogP contribution in [0.15, 0.2) is 77.6 Å². The van der Waals surface area contributed by atoms with E-state index in [1.54, 1.807) is 19.1 Å². The SMILES string of the molecule is CC(=O)Nc1cc(-c2ccc(=O)n([C@H](C)C(=O)Nc3cccc4ccccc34)n2)ccc1C. The normalized spacial score (nSPS) is 11.7. The van der Waals surface area contributed by atoms with Crippen LogP contribution in [0.5, 0.6) is 0 Å². The fourth-order valence-corrected chi connectivity index (χ4v) is 3.64. The number of fused-ring (bicyclic) bond motifs is 1. The molecule has 0 unspecified atom stereocenters. The van der Waals surface area contributed by atoms with Gasteiger partial charge in [0.2, 0.25) is 11.8 Å². The number of rotatable bonds is 5. The van der Waals surface area contributed by atoms with Gasteiger partial charge >= 0.3 is 0 Å². The highest BCUT2D eigenvalue weighted by molar-refractivity contribution is 6.03. The summed E-state index contributed by atoms with van der Waals surface area (Å²) in [6, 6.07) is 21.1. The van der Waals surface area contributed by atoms with Crippen molar-refractivity contribution in [3.05, 3.63) is 88.7 Å². The van der Waals surface area contributed by atoms with Gasteiger partial charge in [0.05, 0.1) is 5.69 Å². The number of carbonyl (C=O) groups is 2. The molecular formula is C26H24N4O3. The molecule has 7 heteroatoms. The molecule has 0 aliphatic rings. The average molecular weight is 441 g/mol. The van der Waals surface area contributed by atoms with Crippen LogP contribution in [0.4, 0.5) is 11.4 Å². The zero-order valence-electron chi connectivity index (χ0n) is 18.6. The molecular weight excluding hydrogens is 416 g/mol. The number of hydrogen-bond donors (Lipinski definition) is 2. The van der Waals surface area contributed by atoms with E-state index in [0.717, 1.165) is 21.9 Å². The Balaban J connectivity index is 1.64. The van der Waals surface area contributed by atoms with Gasteiger partial charge in [-0.3, -0.25) is 14.4 Å². The van der Waals surface area contributed by atoms with Gasteiger partial charge < -0.3 is 10.6 Å². The summed E-state index contributed by atoms with van der Waals surface area (Å²) in [6.07, 6.45) is 0. The third kappa shape index (κ3) is 4.67. The Labute approximate surface area is 191 Å². The van der Waals surface area contributed by atoms with Crippen LogP contribution in [0, 0.1) is 6.92 Å². The zero-order chi connectivity index (χ0) is 23.5. The summed E-state index contributed by atoms with van der Waals surface area (Å²) in [4.78, 5) is 37.1. The predicted molar refractivity (Wildman–Crippen MR) is 130 cm³/mol. The van der Waals surface area contributed by atoms with Gasteiger partial charge in [-0.15, -0.1) is 0 Å². The minimum Gasteiger partial charge on any atom is -0.326 e. The van der Waals surface area contributed by atoms with Crippen molar-refractivity contribution in [2.24, 2.45) is 0 Å². The second-order valence-corrected chi connectivity index (χ2v) is 7.90. The van der Waals surface area contributed by atoms with Crippen molar-refractivity contribution in [2.45, 2.75) is 26.8 Å². The first-order chi connectivity index (χ1) is 15.8. The van der Waals surface area contributed by atoms with Gasteiger partial charge in [0.15, 0.2) is 0 Å². The van der Waals surface area contributed by atoms with Crippen LogP contribution in [0.3, 0.4) is 0 Å². The van der Waals surface area contributed by atoms with Crippen molar-refractivity contribution >= 4 is 34.0 Å². The molecule has 2 amide bonds. The van der Waals surface area contributed by atoms with Crippen LogP contribution in [0.1, 0.15) is 25.5 Å². The molecule has 0 fully saturated rings. The molecule has 0 spiro atoms. The highest BCUT2D eigenvalue weighted by Gasteiger charge is 2.19. The molecule has 0 bridgehead atoms. The van der Waals surface area contributed by atoms with Gasteiger partial charge in [-0.25, -0.2) is 4.68 Å². The maximum Gasteiger partial charge on any atom is 0.267 e. The van der Waals surface area contributed by atoms with Gasteiger partial charge in [-0.05, 0) is 43.0 Å². The fraction of sp³-hybridized carbons (Fsp3) is 0.154. The van der Waals surface area contributed by atoms with Gasteiger partial charge in [-0.1, -0.05) is 48.5 Å². The van der Waals surface area contributed by atoms with Gasteiger partial charge in [0.25, 0.3) is 5.56 Å². The highest BCUT2D eigenvalue weighted by Crippen LogP contribution is 2.25. The summed E-state index contributed by atoms with van der Waals surface area (Å²) in [5, 5.41) is 12.1. The molecule has 1 heterocycles. The van der Waals surface area contributed by atoms with E-state index in [1.165, 1.54) is 17.7 Å². The van der Waals surface area contributed by atoms with Crippen molar-refractivity contribution in [3.8, 4) is 11.3 Å². The van der Waals surface area contributed by atoms with E-state index >= 15 is 0 Å². The van der Waals surface area contributed by atoms with Crippen molar-refractivity contribution in [1.29, 1.82) is 0 Å². The van der Waals surface area contributed by atoms with Crippen LogP contribution in [0.25, 0.3) is 22.0 Å². The highest BCUT2D eigenvalue weighted by atomic mass is 16.2. The smallest absolute Gasteiger partial charge is 0.267 e. The minimum atomic E-state index is -0.836. The molecule has 0 radical (unpaired) electrons. The number of hydrogen-bond acceptors (Lipinski definition) is 4. The molecule has 33 heavy (non-hydrogen) atoms. The molecule has 0 saturated heterocycles. The van der Waals surface area contributed by atoms with Crippen LogP contribution < -0.4 is 16.2 Å². The third-order valence-electron chi connectivity index (χ3n) is 5.46. The Morgan fingerprint density at radius 1 is 0.909 bits per heavy atom. The Morgan fingerprint density at radius 2 is 1.67 bits per heavy atom. The lowest BCUT2D eigenvalue weighted by atomic mass is 10.1. The summed E-state index contributed by atoms with van der Waals surface area (Å²) in [5.41, 5.74) is 3.11. The number of anilines is 2. The molecule has 4 rings (SSSR count). The Morgan fingerprint density at radius 3 is 2.45 bits per heavy atom. The van der Waals surface area contributed by atoms with Crippen LogP contribution in [0.2, 0.25) is 0 Å².